The lowest BCUT2D eigenvalue weighted by Crippen LogP contribution is -2.32. The quantitative estimate of drug-likeness (QED) is 0.518. The zero-order valence-electron chi connectivity index (χ0n) is 15.2. The molecule has 8 heteroatoms. The Labute approximate surface area is 153 Å². The van der Waals surface area contributed by atoms with Crippen LogP contribution in [0.4, 0.5) is 16.2 Å². The smallest absolute Gasteiger partial charge is 0.404 e. The molecule has 0 aliphatic heterocycles. The maximum atomic E-state index is 11.1. The van der Waals surface area contributed by atoms with Crippen LogP contribution in [-0.4, -0.2) is 29.2 Å². The summed E-state index contributed by atoms with van der Waals surface area (Å²) in [5.74, 6) is 0.617. The van der Waals surface area contributed by atoms with Crippen molar-refractivity contribution in [3.05, 3.63) is 33.9 Å². The average Bonchev–Trinajstić information content (AvgIpc) is 2.66. The molecule has 0 aromatic heterocycles. The van der Waals surface area contributed by atoms with Gasteiger partial charge in [0.15, 0.2) is 0 Å². The summed E-state index contributed by atoms with van der Waals surface area (Å²) in [5.41, 5.74) is 0.675. The predicted octanol–water partition coefficient (Wildman–Crippen LogP) is 3.98. The van der Waals surface area contributed by atoms with Gasteiger partial charge >= 0.3 is 6.09 Å². The van der Waals surface area contributed by atoms with Gasteiger partial charge in [-0.3, -0.25) is 10.1 Å². The molecule has 0 unspecified atom stereocenters. The van der Waals surface area contributed by atoms with E-state index in [1.807, 2.05) is 19.9 Å². The number of benzene rings is 1. The van der Waals surface area contributed by atoms with Crippen LogP contribution >= 0.6 is 0 Å². The van der Waals surface area contributed by atoms with Gasteiger partial charge in [0.1, 0.15) is 5.69 Å². The Balaban J connectivity index is 0.00000163. The molecule has 2 rings (SSSR count). The molecule has 1 aromatic carbocycles. The van der Waals surface area contributed by atoms with Crippen LogP contribution in [0, 0.1) is 33.3 Å². The number of nitrogens with zero attached hydrogens (tertiary/aromatic N) is 2. The molecule has 0 spiro atoms. The first-order valence-corrected chi connectivity index (χ1v) is 8.88. The molecule has 1 aliphatic carbocycles. The van der Waals surface area contributed by atoms with Crippen LogP contribution in [-0.2, 0) is 0 Å². The van der Waals surface area contributed by atoms with Crippen molar-refractivity contribution in [3.63, 3.8) is 0 Å². The Morgan fingerprint density at radius 2 is 2.00 bits per heavy atom. The predicted molar refractivity (Wildman–Crippen MR) is 99.1 cm³/mol. The summed E-state index contributed by atoms with van der Waals surface area (Å²) in [7, 11) is 0. The molecule has 0 heterocycles. The number of nitro benzene ring substituents is 1. The van der Waals surface area contributed by atoms with Crippen LogP contribution in [0.25, 0.3) is 0 Å². The highest BCUT2D eigenvalue weighted by Gasteiger charge is 2.23. The summed E-state index contributed by atoms with van der Waals surface area (Å²) >= 11 is 0. The van der Waals surface area contributed by atoms with Crippen LogP contribution in [0.1, 0.15) is 45.1 Å². The van der Waals surface area contributed by atoms with Crippen LogP contribution in [0.5, 0.6) is 0 Å². The van der Waals surface area contributed by atoms with Crippen molar-refractivity contribution in [1.29, 1.82) is 5.26 Å². The van der Waals surface area contributed by atoms with Gasteiger partial charge in [0.2, 0.25) is 0 Å². The molecule has 142 valence electrons. The van der Waals surface area contributed by atoms with E-state index in [9.17, 15) is 14.9 Å². The molecule has 3 N–H and O–H groups in total. The first kappa shape index (κ1) is 21.2. The number of nitriles is 1. The highest BCUT2D eigenvalue weighted by Crippen LogP contribution is 2.31. The Hall–Kier alpha value is -2.82. The van der Waals surface area contributed by atoms with Crippen molar-refractivity contribution in [1.82, 2.24) is 5.32 Å². The van der Waals surface area contributed by atoms with E-state index in [1.165, 1.54) is 18.2 Å². The topological polar surface area (TPSA) is 128 Å². The van der Waals surface area contributed by atoms with Crippen LogP contribution < -0.4 is 10.6 Å². The summed E-state index contributed by atoms with van der Waals surface area (Å²) < 4.78 is 0. The summed E-state index contributed by atoms with van der Waals surface area (Å²) in [6.45, 7) is 5.01. The zero-order chi connectivity index (χ0) is 19.5. The molecular weight excluding hydrogens is 336 g/mol. The van der Waals surface area contributed by atoms with E-state index in [0.717, 1.165) is 25.7 Å². The normalized spacial score (nSPS) is 18.7. The number of carbonyl (C=O) groups is 1. The molecule has 1 aromatic rings. The lowest BCUT2D eigenvalue weighted by atomic mass is 9.81. The summed E-state index contributed by atoms with van der Waals surface area (Å²) in [5, 5.41) is 34.2. The average molecular weight is 362 g/mol. The van der Waals surface area contributed by atoms with Gasteiger partial charge in [-0.2, -0.15) is 5.26 Å². The molecule has 1 aliphatic rings. The molecule has 0 saturated heterocycles. The van der Waals surface area contributed by atoms with Crippen LogP contribution in [0.2, 0.25) is 0 Å². The SMILES string of the molecule is CC.N#Cc1ccc([N+](=O)[O-])c(NC[C@H]2CCC[C@@H](CNC(=O)O)C2)c1. The van der Waals surface area contributed by atoms with Crippen LogP contribution in [0.15, 0.2) is 18.2 Å². The third-order valence-electron chi connectivity index (χ3n) is 4.34. The molecule has 2 atom stereocenters. The Morgan fingerprint density at radius 3 is 2.58 bits per heavy atom. The van der Waals surface area contributed by atoms with E-state index >= 15 is 0 Å². The third-order valence-corrected chi connectivity index (χ3v) is 4.34. The number of amides is 1. The molecule has 1 saturated carbocycles. The van der Waals surface area contributed by atoms with Crippen molar-refractivity contribution in [2.24, 2.45) is 11.8 Å². The summed E-state index contributed by atoms with van der Waals surface area (Å²) in [4.78, 5) is 21.2. The largest absolute Gasteiger partial charge is 0.465 e. The maximum absolute atomic E-state index is 11.1. The Morgan fingerprint density at radius 1 is 1.35 bits per heavy atom. The van der Waals surface area contributed by atoms with Crippen molar-refractivity contribution >= 4 is 17.5 Å². The highest BCUT2D eigenvalue weighted by molar-refractivity contribution is 5.64. The van der Waals surface area contributed by atoms with Gasteiger partial charge in [-0.1, -0.05) is 20.3 Å². The Bertz CT molecular complexity index is 657. The first-order valence-electron chi connectivity index (χ1n) is 8.88. The molecular formula is C18H26N4O4. The molecule has 1 fully saturated rings. The minimum Gasteiger partial charge on any atom is -0.465 e. The van der Waals surface area contributed by atoms with Gasteiger partial charge in [-0.25, -0.2) is 4.79 Å². The first-order chi connectivity index (χ1) is 12.5. The number of hydrogen-bond acceptors (Lipinski definition) is 5. The number of hydrogen-bond donors (Lipinski definition) is 3. The van der Waals surface area contributed by atoms with Gasteiger partial charge < -0.3 is 15.7 Å². The number of nitrogens with one attached hydrogen (secondary N) is 2. The van der Waals surface area contributed by atoms with Gasteiger partial charge in [0.05, 0.1) is 16.6 Å². The van der Waals surface area contributed by atoms with Crippen LogP contribution in [0.3, 0.4) is 0 Å². The van der Waals surface area contributed by atoms with Gasteiger partial charge in [-0.05, 0) is 43.2 Å². The fourth-order valence-corrected chi connectivity index (χ4v) is 3.17. The number of nitro groups is 1. The number of carboxylic acid groups (broad SMARTS) is 1. The standard InChI is InChI=1S/C16H20N4O4.C2H6/c17-8-11-4-5-15(20(23)24)14(7-11)18-9-12-2-1-3-13(6-12)10-19-16(21)22;1-2/h4-5,7,12-13,18-19H,1-3,6,9-10H2,(H,21,22);1-2H3/t12-,13+;/m0./s1. The minimum absolute atomic E-state index is 0.0473. The van der Waals surface area contributed by atoms with Gasteiger partial charge in [0, 0.05) is 19.2 Å². The minimum atomic E-state index is -1.01. The van der Waals surface area contributed by atoms with E-state index in [1.54, 1.807) is 0 Å². The lowest BCUT2D eigenvalue weighted by molar-refractivity contribution is -0.384. The van der Waals surface area contributed by atoms with E-state index < -0.39 is 11.0 Å². The second-order valence-electron chi connectivity index (χ2n) is 6.07. The molecule has 1 amide bonds. The fourth-order valence-electron chi connectivity index (χ4n) is 3.17. The third kappa shape index (κ3) is 6.59. The number of rotatable bonds is 6. The molecule has 8 nitrogen and oxygen atoms in total. The second-order valence-corrected chi connectivity index (χ2v) is 6.07. The summed E-state index contributed by atoms with van der Waals surface area (Å²) in [6.07, 6.45) is 2.86. The van der Waals surface area contributed by atoms with E-state index in [2.05, 4.69) is 10.6 Å². The lowest BCUT2D eigenvalue weighted by Gasteiger charge is -2.29. The van der Waals surface area contributed by atoms with E-state index in [0.29, 0.717) is 36.2 Å². The zero-order valence-corrected chi connectivity index (χ0v) is 15.2. The van der Waals surface area contributed by atoms with Gasteiger partial charge in [-0.15, -0.1) is 0 Å². The van der Waals surface area contributed by atoms with Crippen molar-refractivity contribution in [3.8, 4) is 6.07 Å². The molecule has 0 bridgehead atoms. The molecule has 26 heavy (non-hydrogen) atoms. The Kier molecular flexibility index (Phi) is 8.92. The monoisotopic (exact) mass is 362 g/mol. The second kappa shape index (κ2) is 10.9. The number of anilines is 1. The van der Waals surface area contributed by atoms with Gasteiger partial charge in [0.25, 0.3) is 5.69 Å². The fraction of sp³-hybridized carbons (Fsp3) is 0.556. The van der Waals surface area contributed by atoms with E-state index in [4.69, 9.17) is 10.4 Å². The van der Waals surface area contributed by atoms with Crippen molar-refractivity contribution in [2.45, 2.75) is 39.5 Å². The maximum Gasteiger partial charge on any atom is 0.404 e. The van der Waals surface area contributed by atoms with E-state index in [-0.39, 0.29) is 5.69 Å². The molecule has 0 radical (unpaired) electrons. The van der Waals surface area contributed by atoms with Crippen molar-refractivity contribution < 1.29 is 14.8 Å². The highest BCUT2D eigenvalue weighted by atomic mass is 16.6. The van der Waals surface area contributed by atoms with Crippen molar-refractivity contribution in [2.75, 3.05) is 18.4 Å². The summed E-state index contributed by atoms with van der Waals surface area (Å²) in [6, 6.07) is 6.23.